The summed E-state index contributed by atoms with van der Waals surface area (Å²) in [7, 11) is 0. The predicted octanol–water partition coefficient (Wildman–Crippen LogP) is 11.7. The number of rotatable bonds is 22. The molecule has 0 aliphatic carbocycles. The molecule has 208 valence electrons. The van der Waals surface area contributed by atoms with Crippen LogP contribution in [0.2, 0.25) is 0 Å². The number of benzene rings is 1. The molecular weight excluding hydrogens is 436 g/mol. The third-order valence-corrected chi connectivity index (χ3v) is 8.12. The lowest BCUT2D eigenvalue weighted by molar-refractivity contribution is 0.298. The van der Waals surface area contributed by atoms with Gasteiger partial charge in [0.15, 0.2) is 0 Å². The number of allylic oxidation sites excluding steroid dienone is 2. The highest BCUT2D eigenvalue weighted by molar-refractivity contribution is 5.45. The minimum atomic E-state index is 0.786. The van der Waals surface area contributed by atoms with Crippen LogP contribution in [-0.4, -0.2) is 6.61 Å². The van der Waals surface area contributed by atoms with Gasteiger partial charge < -0.3 is 4.74 Å². The predicted molar refractivity (Wildman–Crippen MR) is 162 cm³/mol. The molecule has 0 aromatic heterocycles. The van der Waals surface area contributed by atoms with Gasteiger partial charge in [0.1, 0.15) is 5.75 Å². The van der Waals surface area contributed by atoms with Gasteiger partial charge >= 0.3 is 0 Å². The van der Waals surface area contributed by atoms with Crippen LogP contribution in [0.25, 0.3) is 0 Å². The molecule has 0 aliphatic heterocycles. The van der Waals surface area contributed by atoms with E-state index in [0.717, 1.165) is 24.9 Å². The van der Waals surface area contributed by atoms with Crippen molar-refractivity contribution in [3.8, 4) is 5.75 Å². The van der Waals surface area contributed by atoms with Crippen molar-refractivity contribution in [2.45, 2.75) is 158 Å². The van der Waals surface area contributed by atoms with E-state index >= 15 is 0 Å². The number of aryl methyl sites for hydroxylation is 2. The maximum atomic E-state index is 6.38. The molecule has 0 spiro atoms. The summed E-state index contributed by atoms with van der Waals surface area (Å²) in [5.74, 6) is 2.83. The third-order valence-electron chi connectivity index (χ3n) is 8.12. The van der Waals surface area contributed by atoms with E-state index in [1.165, 1.54) is 125 Å². The molecule has 0 saturated carbocycles. The van der Waals surface area contributed by atoms with E-state index < -0.39 is 0 Å². The SMILES string of the molecule is CCCC/C=C(\C)CCCC(C)CCCC(C)CCc1ccc(C)c(C)c1OCCCCCCCC. The Labute approximate surface area is 226 Å². The van der Waals surface area contributed by atoms with E-state index in [4.69, 9.17) is 4.74 Å². The summed E-state index contributed by atoms with van der Waals surface area (Å²) in [6, 6.07) is 4.61. The highest BCUT2D eigenvalue weighted by Gasteiger charge is 2.12. The molecule has 0 fully saturated rings. The Morgan fingerprint density at radius 1 is 0.778 bits per heavy atom. The van der Waals surface area contributed by atoms with Crippen LogP contribution in [0.4, 0.5) is 0 Å². The average molecular weight is 499 g/mol. The number of hydrogen-bond acceptors (Lipinski definition) is 1. The van der Waals surface area contributed by atoms with E-state index in [-0.39, 0.29) is 0 Å². The van der Waals surface area contributed by atoms with Crippen molar-refractivity contribution in [2.24, 2.45) is 11.8 Å². The van der Waals surface area contributed by atoms with Gasteiger partial charge in [-0.25, -0.2) is 0 Å². The van der Waals surface area contributed by atoms with Gasteiger partial charge in [-0.05, 0) is 87.8 Å². The molecule has 1 aromatic carbocycles. The van der Waals surface area contributed by atoms with Crippen LogP contribution in [0.5, 0.6) is 5.75 Å². The molecule has 0 N–H and O–H groups in total. The Bertz CT molecular complexity index is 701. The molecule has 0 radical (unpaired) electrons. The Kier molecular flexibility index (Phi) is 18.9. The standard InChI is InChI=1S/C35H62O/c1-8-10-12-13-14-16-28-36-35-33(7)32(6)25-27-34(35)26-24-31(5)23-18-22-30(4)21-17-20-29(3)19-15-11-9-2/h19,25,27,30-31H,8-18,20-24,26,28H2,1-7H3/b29-19+. The van der Waals surface area contributed by atoms with E-state index in [2.05, 4.69) is 66.7 Å². The summed E-state index contributed by atoms with van der Waals surface area (Å²) >= 11 is 0. The summed E-state index contributed by atoms with van der Waals surface area (Å²) in [6.45, 7) is 17.1. The van der Waals surface area contributed by atoms with Crippen molar-refractivity contribution in [2.75, 3.05) is 6.61 Å². The van der Waals surface area contributed by atoms with Crippen molar-refractivity contribution in [3.05, 3.63) is 40.5 Å². The van der Waals surface area contributed by atoms with Crippen molar-refractivity contribution >= 4 is 0 Å². The lowest BCUT2D eigenvalue weighted by atomic mass is 9.91. The molecular formula is C35H62O. The summed E-state index contributed by atoms with van der Waals surface area (Å²) in [4.78, 5) is 0. The van der Waals surface area contributed by atoms with Gasteiger partial charge in [0.2, 0.25) is 0 Å². The molecule has 0 amide bonds. The fourth-order valence-electron chi connectivity index (χ4n) is 5.19. The minimum absolute atomic E-state index is 0.786. The molecule has 0 bridgehead atoms. The molecule has 0 aliphatic rings. The number of ether oxygens (including phenoxy) is 1. The van der Waals surface area contributed by atoms with Crippen LogP contribution in [-0.2, 0) is 6.42 Å². The largest absolute Gasteiger partial charge is 0.493 e. The quantitative estimate of drug-likeness (QED) is 0.114. The molecule has 1 heteroatoms. The smallest absolute Gasteiger partial charge is 0.125 e. The van der Waals surface area contributed by atoms with E-state index in [1.807, 2.05) is 0 Å². The molecule has 0 heterocycles. The van der Waals surface area contributed by atoms with Gasteiger partial charge in [-0.1, -0.05) is 122 Å². The summed E-state index contributed by atoms with van der Waals surface area (Å²) in [5.41, 5.74) is 5.72. The zero-order valence-corrected chi connectivity index (χ0v) is 25.5. The summed E-state index contributed by atoms with van der Waals surface area (Å²) in [6.07, 6.45) is 24.8. The number of unbranched alkanes of at least 4 members (excludes halogenated alkanes) is 7. The zero-order valence-electron chi connectivity index (χ0n) is 25.5. The van der Waals surface area contributed by atoms with E-state index in [0.29, 0.717) is 0 Å². The van der Waals surface area contributed by atoms with Gasteiger partial charge in [-0.15, -0.1) is 0 Å². The van der Waals surface area contributed by atoms with E-state index in [9.17, 15) is 0 Å². The van der Waals surface area contributed by atoms with Gasteiger partial charge in [0.25, 0.3) is 0 Å². The molecule has 2 atom stereocenters. The first-order chi connectivity index (χ1) is 17.4. The average Bonchev–Trinajstić information content (AvgIpc) is 2.85. The second kappa shape index (κ2) is 20.8. The number of hydrogen-bond donors (Lipinski definition) is 0. The first-order valence-electron chi connectivity index (χ1n) is 15.8. The molecule has 0 saturated heterocycles. The Balaban J connectivity index is 2.33. The lowest BCUT2D eigenvalue weighted by Crippen LogP contribution is -2.05. The highest BCUT2D eigenvalue weighted by Crippen LogP contribution is 2.30. The van der Waals surface area contributed by atoms with Crippen molar-refractivity contribution in [1.82, 2.24) is 0 Å². The molecule has 1 nitrogen and oxygen atoms in total. The van der Waals surface area contributed by atoms with Crippen molar-refractivity contribution in [1.29, 1.82) is 0 Å². The van der Waals surface area contributed by atoms with E-state index in [1.54, 1.807) is 5.57 Å². The molecule has 36 heavy (non-hydrogen) atoms. The third kappa shape index (κ3) is 15.1. The summed E-state index contributed by atoms with van der Waals surface area (Å²) in [5, 5.41) is 0. The summed E-state index contributed by atoms with van der Waals surface area (Å²) < 4.78 is 6.38. The fourth-order valence-corrected chi connectivity index (χ4v) is 5.19. The van der Waals surface area contributed by atoms with Crippen LogP contribution >= 0.6 is 0 Å². The Morgan fingerprint density at radius 2 is 1.42 bits per heavy atom. The van der Waals surface area contributed by atoms with Crippen LogP contribution in [0.15, 0.2) is 23.8 Å². The fraction of sp³-hybridized carbons (Fsp3) is 0.771. The molecule has 2 unspecified atom stereocenters. The highest BCUT2D eigenvalue weighted by atomic mass is 16.5. The van der Waals surface area contributed by atoms with Gasteiger partial charge in [-0.2, -0.15) is 0 Å². The lowest BCUT2D eigenvalue weighted by Gasteiger charge is -2.18. The topological polar surface area (TPSA) is 9.23 Å². The Morgan fingerprint density at radius 3 is 2.14 bits per heavy atom. The van der Waals surface area contributed by atoms with Crippen LogP contribution in [0.3, 0.4) is 0 Å². The van der Waals surface area contributed by atoms with Crippen LogP contribution in [0, 0.1) is 25.7 Å². The Hall–Kier alpha value is -1.24. The molecule has 1 rings (SSSR count). The van der Waals surface area contributed by atoms with Crippen molar-refractivity contribution in [3.63, 3.8) is 0 Å². The minimum Gasteiger partial charge on any atom is -0.493 e. The molecule has 1 aromatic rings. The maximum absolute atomic E-state index is 6.38. The first-order valence-corrected chi connectivity index (χ1v) is 15.8. The maximum Gasteiger partial charge on any atom is 0.125 e. The second-order valence-electron chi connectivity index (χ2n) is 11.9. The van der Waals surface area contributed by atoms with Gasteiger partial charge in [0.05, 0.1) is 6.61 Å². The van der Waals surface area contributed by atoms with Crippen LogP contribution in [0.1, 0.15) is 154 Å². The monoisotopic (exact) mass is 498 g/mol. The van der Waals surface area contributed by atoms with Gasteiger partial charge in [-0.3, -0.25) is 0 Å². The normalized spacial score (nSPS) is 13.7. The first kappa shape index (κ1) is 32.8. The van der Waals surface area contributed by atoms with Crippen LogP contribution < -0.4 is 4.74 Å². The van der Waals surface area contributed by atoms with Crippen molar-refractivity contribution < 1.29 is 4.74 Å². The van der Waals surface area contributed by atoms with Gasteiger partial charge in [0, 0.05) is 0 Å². The second-order valence-corrected chi connectivity index (χ2v) is 11.9. The zero-order chi connectivity index (χ0) is 26.6.